The third-order valence-corrected chi connectivity index (χ3v) is 3.23. The van der Waals surface area contributed by atoms with E-state index in [2.05, 4.69) is 10.5 Å². The van der Waals surface area contributed by atoms with E-state index >= 15 is 0 Å². The number of aryl methyl sites for hydroxylation is 2. The van der Waals surface area contributed by atoms with Crippen molar-refractivity contribution in [3.05, 3.63) is 17.0 Å². The van der Waals surface area contributed by atoms with Gasteiger partial charge >= 0.3 is 5.97 Å². The highest BCUT2D eigenvalue weighted by molar-refractivity contribution is 5.78. The van der Waals surface area contributed by atoms with Crippen LogP contribution in [0.2, 0.25) is 0 Å². The highest BCUT2D eigenvalue weighted by Crippen LogP contribution is 2.15. The monoisotopic (exact) mass is 298 g/mol. The summed E-state index contributed by atoms with van der Waals surface area (Å²) in [5, 5.41) is 15.5. The summed E-state index contributed by atoms with van der Waals surface area (Å²) in [6, 6.07) is 0. The molecule has 1 atom stereocenters. The number of nitrogens with one attached hydrogen (secondary N) is 1. The van der Waals surface area contributed by atoms with Gasteiger partial charge in [0.1, 0.15) is 5.76 Å². The van der Waals surface area contributed by atoms with Crippen molar-refractivity contribution in [1.82, 2.24) is 10.5 Å². The molecule has 0 fully saturated rings. The second-order valence-electron chi connectivity index (χ2n) is 5.42. The van der Waals surface area contributed by atoms with E-state index in [0.29, 0.717) is 12.2 Å². The minimum Gasteiger partial charge on any atom is -0.481 e. The van der Waals surface area contributed by atoms with Gasteiger partial charge in [-0.25, -0.2) is 0 Å². The van der Waals surface area contributed by atoms with E-state index in [-0.39, 0.29) is 25.4 Å². The average molecular weight is 298 g/mol. The maximum Gasteiger partial charge on any atom is 0.305 e. The molecule has 0 radical (unpaired) electrons. The van der Waals surface area contributed by atoms with Gasteiger partial charge in [-0.1, -0.05) is 5.16 Å². The summed E-state index contributed by atoms with van der Waals surface area (Å²) in [7, 11) is 1.47. The van der Waals surface area contributed by atoms with Crippen molar-refractivity contribution in [3.8, 4) is 0 Å². The molecular weight excluding hydrogens is 276 g/mol. The Balaban J connectivity index is 2.60. The molecule has 1 rings (SSSR count). The van der Waals surface area contributed by atoms with Crippen LogP contribution >= 0.6 is 0 Å². The molecule has 21 heavy (non-hydrogen) atoms. The molecule has 0 bridgehead atoms. The Hall–Kier alpha value is -1.89. The maximum absolute atomic E-state index is 12.0. The lowest BCUT2D eigenvalue weighted by Gasteiger charge is -2.28. The quantitative estimate of drug-likeness (QED) is 0.748. The number of carbonyl (C=O) groups is 2. The minimum absolute atomic E-state index is 0.135. The van der Waals surface area contributed by atoms with Gasteiger partial charge < -0.3 is 19.7 Å². The van der Waals surface area contributed by atoms with Crippen LogP contribution < -0.4 is 5.32 Å². The van der Waals surface area contributed by atoms with Crippen LogP contribution in [0.1, 0.15) is 36.8 Å². The summed E-state index contributed by atoms with van der Waals surface area (Å²) in [4.78, 5) is 22.9. The van der Waals surface area contributed by atoms with Crippen molar-refractivity contribution in [2.75, 3.05) is 13.7 Å². The zero-order valence-electron chi connectivity index (χ0n) is 12.9. The lowest BCUT2D eigenvalue weighted by atomic mass is 9.98. The molecule has 1 aromatic heterocycles. The summed E-state index contributed by atoms with van der Waals surface area (Å²) < 4.78 is 10.0. The molecular formula is C14H22N2O5. The van der Waals surface area contributed by atoms with E-state index in [9.17, 15) is 9.59 Å². The van der Waals surface area contributed by atoms with Gasteiger partial charge in [0.05, 0.1) is 24.3 Å². The van der Waals surface area contributed by atoms with E-state index in [1.54, 1.807) is 13.8 Å². The molecule has 0 aliphatic carbocycles. The Kier molecular flexibility index (Phi) is 5.90. The zero-order chi connectivity index (χ0) is 16.0. The Bertz CT molecular complexity index is 492. The van der Waals surface area contributed by atoms with Crippen molar-refractivity contribution < 1.29 is 24.0 Å². The van der Waals surface area contributed by atoms with Crippen LogP contribution in [0.3, 0.4) is 0 Å². The van der Waals surface area contributed by atoms with Gasteiger partial charge in [-0.15, -0.1) is 0 Å². The predicted octanol–water partition coefficient (Wildman–Crippen LogP) is 1.22. The molecule has 0 saturated carbocycles. The first-order valence-corrected chi connectivity index (χ1v) is 6.71. The molecule has 0 aliphatic heterocycles. The van der Waals surface area contributed by atoms with E-state index in [1.165, 1.54) is 7.11 Å². The van der Waals surface area contributed by atoms with Crippen LogP contribution in [0.15, 0.2) is 4.52 Å². The van der Waals surface area contributed by atoms with Crippen molar-refractivity contribution >= 4 is 11.9 Å². The summed E-state index contributed by atoms with van der Waals surface area (Å²) in [6.45, 7) is 5.41. The molecule has 1 amide bonds. The van der Waals surface area contributed by atoms with Crippen LogP contribution in [-0.2, 0) is 20.7 Å². The highest BCUT2D eigenvalue weighted by atomic mass is 16.5. The molecule has 2 N–H and O–H groups in total. The smallest absolute Gasteiger partial charge is 0.305 e. The third kappa shape index (κ3) is 5.18. The van der Waals surface area contributed by atoms with Gasteiger partial charge in [0.25, 0.3) is 0 Å². The fourth-order valence-electron chi connectivity index (χ4n) is 2.28. The van der Waals surface area contributed by atoms with Gasteiger partial charge in [0.15, 0.2) is 0 Å². The Morgan fingerprint density at radius 2 is 2.10 bits per heavy atom. The highest BCUT2D eigenvalue weighted by Gasteiger charge is 2.29. The van der Waals surface area contributed by atoms with Gasteiger partial charge in [0, 0.05) is 19.1 Å². The molecule has 1 aromatic rings. The van der Waals surface area contributed by atoms with Crippen molar-refractivity contribution in [1.29, 1.82) is 0 Å². The van der Waals surface area contributed by atoms with Crippen molar-refractivity contribution in [2.24, 2.45) is 0 Å². The first-order valence-electron chi connectivity index (χ1n) is 6.71. The second-order valence-corrected chi connectivity index (χ2v) is 5.42. The lowest BCUT2D eigenvalue weighted by molar-refractivity contribution is -0.139. The molecule has 0 aliphatic rings. The SMILES string of the molecule is COC[C@@](C)(CC(=O)O)NC(=O)CCc1c(C)noc1C. The van der Waals surface area contributed by atoms with E-state index in [4.69, 9.17) is 14.4 Å². The average Bonchev–Trinajstić information content (AvgIpc) is 2.65. The fourth-order valence-corrected chi connectivity index (χ4v) is 2.28. The number of rotatable bonds is 8. The standard InChI is InChI=1S/C14H22N2O5/c1-9-11(10(2)21-16-9)5-6-12(17)15-14(3,8-20-4)7-13(18)19/h5-8H2,1-4H3,(H,15,17)(H,18,19)/t14-/m1/s1. The Morgan fingerprint density at radius 3 is 2.57 bits per heavy atom. The first kappa shape index (κ1) is 17.2. The number of carboxylic acids is 1. The second kappa shape index (κ2) is 7.21. The summed E-state index contributed by atoms with van der Waals surface area (Å²) in [6.07, 6.45) is 0.544. The largest absolute Gasteiger partial charge is 0.481 e. The number of nitrogens with zero attached hydrogens (tertiary/aromatic N) is 1. The molecule has 0 saturated heterocycles. The van der Waals surface area contributed by atoms with Gasteiger partial charge in [-0.2, -0.15) is 0 Å². The molecule has 0 spiro atoms. The summed E-state index contributed by atoms with van der Waals surface area (Å²) >= 11 is 0. The number of hydrogen-bond acceptors (Lipinski definition) is 5. The van der Waals surface area contributed by atoms with Crippen LogP contribution in [0.25, 0.3) is 0 Å². The van der Waals surface area contributed by atoms with Crippen LogP contribution in [0.5, 0.6) is 0 Å². The number of amides is 1. The summed E-state index contributed by atoms with van der Waals surface area (Å²) in [5.74, 6) is -0.512. The molecule has 0 unspecified atom stereocenters. The normalized spacial score (nSPS) is 13.7. The van der Waals surface area contributed by atoms with Crippen LogP contribution in [-0.4, -0.2) is 41.4 Å². The molecule has 0 aromatic carbocycles. The topological polar surface area (TPSA) is 102 Å². The Morgan fingerprint density at radius 1 is 1.43 bits per heavy atom. The number of carboxylic acid groups (broad SMARTS) is 1. The number of aliphatic carboxylic acids is 1. The third-order valence-electron chi connectivity index (χ3n) is 3.23. The Labute approximate surface area is 123 Å². The first-order chi connectivity index (χ1) is 9.77. The van der Waals surface area contributed by atoms with Crippen molar-refractivity contribution in [3.63, 3.8) is 0 Å². The minimum atomic E-state index is -0.986. The number of carbonyl (C=O) groups excluding carboxylic acids is 1. The van der Waals surface area contributed by atoms with Gasteiger partial charge in [-0.3, -0.25) is 9.59 Å². The maximum atomic E-state index is 12.0. The van der Waals surface area contributed by atoms with E-state index < -0.39 is 11.5 Å². The van der Waals surface area contributed by atoms with Crippen LogP contribution in [0.4, 0.5) is 0 Å². The van der Waals surface area contributed by atoms with Crippen LogP contribution in [0, 0.1) is 13.8 Å². The molecule has 118 valence electrons. The molecule has 7 heteroatoms. The van der Waals surface area contributed by atoms with Gasteiger partial charge in [0.2, 0.25) is 5.91 Å². The molecule has 7 nitrogen and oxygen atoms in total. The summed E-state index contributed by atoms with van der Waals surface area (Å²) in [5.41, 5.74) is 0.762. The molecule has 1 heterocycles. The zero-order valence-corrected chi connectivity index (χ0v) is 12.9. The number of ether oxygens (including phenoxy) is 1. The number of methoxy groups -OCH3 is 1. The number of aromatic nitrogens is 1. The van der Waals surface area contributed by atoms with Crippen molar-refractivity contribution in [2.45, 2.75) is 45.6 Å². The predicted molar refractivity (Wildman–Crippen MR) is 75.0 cm³/mol. The lowest BCUT2D eigenvalue weighted by Crippen LogP contribution is -2.50. The van der Waals surface area contributed by atoms with E-state index in [1.807, 2.05) is 6.92 Å². The van der Waals surface area contributed by atoms with E-state index in [0.717, 1.165) is 11.3 Å². The van der Waals surface area contributed by atoms with Gasteiger partial charge in [-0.05, 0) is 27.2 Å². The fraction of sp³-hybridized carbons (Fsp3) is 0.643. The number of hydrogen-bond donors (Lipinski definition) is 2.